The maximum Gasteiger partial charge on any atom is 0.128 e. The van der Waals surface area contributed by atoms with Gasteiger partial charge in [-0.2, -0.15) is 0 Å². The average Bonchev–Trinajstić information content (AvgIpc) is 2.30. The van der Waals surface area contributed by atoms with Crippen molar-refractivity contribution in [3.63, 3.8) is 0 Å². The maximum atomic E-state index is 14.1. The van der Waals surface area contributed by atoms with Crippen LogP contribution in [0.3, 0.4) is 0 Å². The van der Waals surface area contributed by atoms with E-state index in [2.05, 4.69) is 0 Å². The van der Waals surface area contributed by atoms with Crippen LogP contribution >= 0.6 is 11.6 Å². The molecule has 0 aromatic heterocycles. The minimum absolute atomic E-state index is 0.239. The molecule has 19 heavy (non-hydrogen) atoms. The van der Waals surface area contributed by atoms with Crippen LogP contribution in [0, 0.1) is 19.7 Å². The Kier molecular flexibility index (Phi) is 4.23. The molecule has 0 bridgehead atoms. The van der Waals surface area contributed by atoms with Gasteiger partial charge in [0.15, 0.2) is 0 Å². The normalized spacial score (nSPS) is 12.5. The van der Waals surface area contributed by atoms with Crippen molar-refractivity contribution >= 4 is 11.6 Å². The van der Waals surface area contributed by atoms with E-state index < -0.39 is 0 Å². The third-order valence-corrected chi connectivity index (χ3v) is 3.62. The van der Waals surface area contributed by atoms with Crippen molar-refractivity contribution in [2.45, 2.75) is 26.3 Å². The van der Waals surface area contributed by atoms with Gasteiger partial charge in [0.2, 0.25) is 0 Å². The first-order chi connectivity index (χ1) is 8.99. The molecule has 0 saturated heterocycles. The highest BCUT2D eigenvalue weighted by Crippen LogP contribution is 2.26. The molecule has 0 aliphatic rings. The molecule has 0 spiro atoms. The summed E-state index contributed by atoms with van der Waals surface area (Å²) in [6.45, 7) is 3.76. The summed E-state index contributed by atoms with van der Waals surface area (Å²) in [5, 5.41) is 0.670. The Morgan fingerprint density at radius 1 is 1.21 bits per heavy atom. The van der Waals surface area contributed by atoms with E-state index in [0.29, 0.717) is 17.0 Å². The third kappa shape index (κ3) is 3.14. The molecule has 0 heterocycles. The molecule has 0 aliphatic heterocycles. The molecular formula is C16H17ClFN. The molecule has 0 saturated carbocycles. The van der Waals surface area contributed by atoms with Crippen molar-refractivity contribution < 1.29 is 4.39 Å². The highest BCUT2D eigenvalue weighted by Gasteiger charge is 2.16. The first-order valence-corrected chi connectivity index (χ1v) is 6.62. The quantitative estimate of drug-likeness (QED) is 0.887. The lowest BCUT2D eigenvalue weighted by Gasteiger charge is -2.17. The molecule has 2 rings (SSSR count). The summed E-state index contributed by atoms with van der Waals surface area (Å²) in [6.07, 6.45) is 0.528. The van der Waals surface area contributed by atoms with E-state index in [1.54, 1.807) is 0 Å². The molecule has 0 amide bonds. The lowest BCUT2D eigenvalue weighted by molar-refractivity contribution is 0.576. The molecule has 2 aromatic rings. The number of halogens is 2. The van der Waals surface area contributed by atoms with Crippen molar-refractivity contribution in [1.82, 2.24) is 0 Å². The van der Waals surface area contributed by atoms with E-state index in [4.69, 9.17) is 17.3 Å². The van der Waals surface area contributed by atoms with Crippen LogP contribution in [0.5, 0.6) is 0 Å². The fourth-order valence-electron chi connectivity index (χ4n) is 2.40. The van der Waals surface area contributed by atoms with E-state index in [1.807, 2.05) is 44.2 Å². The van der Waals surface area contributed by atoms with Crippen LogP contribution in [-0.4, -0.2) is 0 Å². The van der Waals surface area contributed by atoms with E-state index in [1.165, 1.54) is 6.07 Å². The maximum absolute atomic E-state index is 14.1. The molecule has 1 atom stereocenters. The molecule has 3 heteroatoms. The predicted octanol–water partition coefficient (Wildman–Crippen LogP) is 4.34. The highest BCUT2D eigenvalue weighted by atomic mass is 35.5. The molecule has 1 unspecified atom stereocenters. The second-order valence-corrected chi connectivity index (χ2v) is 5.29. The summed E-state index contributed by atoms with van der Waals surface area (Å²) < 4.78 is 14.1. The van der Waals surface area contributed by atoms with Crippen LogP contribution in [0.25, 0.3) is 0 Å². The van der Waals surface area contributed by atoms with Crippen LogP contribution in [0.15, 0.2) is 36.4 Å². The van der Waals surface area contributed by atoms with Gasteiger partial charge < -0.3 is 5.73 Å². The Hall–Kier alpha value is -1.38. The molecule has 0 radical (unpaired) electrons. The fraction of sp³-hybridized carbons (Fsp3) is 0.250. The van der Waals surface area contributed by atoms with Gasteiger partial charge in [0.1, 0.15) is 5.82 Å². The van der Waals surface area contributed by atoms with E-state index in [0.717, 1.165) is 16.7 Å². The predicted molar refractivity (Wildman–Crippen MR) is 78.0 cm³/mol. The number of benzene rings is 2. The Morgan fingerprint density at radius 2 is 1.89 bits per heavy atom. The molecule has 2 N–H and O–H groups in total. The second kappa shape index (κ2) is 5.72. The zero-order chi connectivity index (χ0) is 14.0. The standard InChI is InChI=1S/C16H17ClFN/c1-10-7-11(2)16(14(18)8-10)15(19)9-12-5-3-4-6-13(12)17/h3-8,15H,9,19H2,1-2H3. The minimum atomic E-state index is -0.388. The summed E-state index contributed by atoms with van der Waals surface area (Å²) in [7, 11) is 0. The Balaban J connectivity index is 2.31. The summed E-state index contributed by atoms with van der Waals surface area (Å²) in [5.41, 5.74) is 9.46. The Labute approximate surface area is 118 Å². The topological polar surface area (TPSA) is 26.0 Å². The lowest BCUT2D eigenvalue weighted by atomic mass is 9.94. The SMILES string of the molecule is Cc1cc(C)c(C(N)Cc2ccccc2Cl)c(F)c1. The number of hydrogen-bond donors (Lipinski definition) is 1. The van der Waals surface area contributed by atoms with Crippen LogP contribution < -0.4 is 5.73 Å². The van der Waals surface area contributed by atoms with Gasteiger partial charge in [-0.1, -0.05) is 35.9 Å². The van der Waals surface area contributed by atoms with Gasteiger partial charge in [0, 0.05) is 16.6 Å². The summed E-state index contributed by atoms with van der Waals surface area (Å²) in [4.78, 5) is 0. The molecule has 1 nitrogen and oxygen atoms in total. The van der Waals surface area contributed by atoms with E-state index in [9.17, 15) is 4.39 Å². The van der Waals surface area contributed by atoms with Crippen LogP contribution in [0.1, 0.15) is 28.3 Å². The third-order valence-electron chi connectivity index (χ3n) is 3.25. The summed E-state index contributed by atoms with van der Waals surface area (Å²) in [5.74, 6) is -0.239. The van der Waals surface area contributed by atoms with Gasteiger partial charge in [0.05, 0.1) is 0 Å². The Bertz CT molecular complexity index is 572. The van der Waals surface area contributed by atoms with Gasteiger partial charge in [-0.05, 0) is 49.1 Å². The summed E-state index contributed by atoms with van der Waals surface area (Å²) in [6, 6.07) is 10.6. The molecule has 0 aliphatic carbocycles. The van der Waals surface area contributed by atoms with E-state index in [-0.39, 0.29) is 11.9 Å². The number of nitrogens with two attached hydrogens (primary N) is 1. The van der Waals surface area contributed by atoms with Crippen molar-refractivity contribution in [3.8, 4) is 0 Å². The zero-order valence-electron chi connectivity index (χ0n) is 11.1. The first-order valence-electron chi connectivity index (χ1n) is 6.24. The van der Waals surface area contributed by atoms with Crippen molar-refractivity contribution in [1.29, 1.82) is 0 Å². The van der Waals surface area contributed by atoms with Gasteiger partial charge in [-0.3, -0.25) is 0 Å². The highest BCUT2D eigenvalue weighted by molar-refractivity contribution is 6.31. The van der Waals surface area contributed by atoms with Gasteiger partial charge in [0.25, 0.3) is 0 Å². The average molecular weight is 278 g/mol. The van der Waals surface area contributed by atoms with Crippen molar-refractivity contribution in [3.05, 3.63) is 69.5 Å². The van der Waals surface area contributed by atoms with Crippen molar-refractivity contribution in [2.24, 2.45) is 5.73 Å². The van der Waals surface area contributed by atoms with Crippen LogP contribution in [0.4, 0.5) is 4.39 Å². The smallest absolute Gasteiger partial charge is 0.128 e. The number of rotatable bonds is 3. The largest absolute Gasteiger partial charge is 0.324 e. The minimum Gasteiger partial charge on any atom is -0.324 e. The number of aryl methyl sites for hydroxylation is 2. The van der Waals surface area contributed by atoms with Gasteiger partial charge >= 0.3 is 0 Å². The van der Waals surface area contributed by atoms with Crippen molar-refractivity contribution in [2.75, 3.05) is 0 Å². The van der Waals surface area contributed by atoms with E-state index >= 15 is 0 Å². The fourth-order valence-corrected chi connectivity index (χ4v) is 2.61. The molecular weight excluding hydrogens is 261 g/mol. The molecule has 2 aromatic carbocycles. The Morgan fingerprint density at radius 3 is 2.53 bits per heavy atom. The number of hydrogen-bond acceptors (Lipinski definition) is 1. The lowest BCUT2D eigenvalue weighted by Crippen LogP contribution is -2.17. The second-order valence-electron chi connectivity index (χ2n) is 4.88. The summed E-state index contributed by atoms with van der Waals surface area (Å²) >= 11 is 6.11. The van der Waals surface area contributed by atoms with Crippen LogP contribution in [0.2, 0.25) is 5.02 Å². The molecule has 0 fully saturated rings. The van der Waals surface area contributed by atoms with Gasteiger partial charge in [-0.25, -0.2) is 4.39 Å². The van der Waals surface area contributed by atoms with Crippen LogP contribution in [-0.2, 0) is 6.42 Å². The first kappa shape index (κ1) is 14.0. The zero-order valence-corrected chi connectivity index (χ0v) is 11.8. The monoisotopic (exact) mass is 277 g/mol. The molecule has 100 valence electrons. The van der Waals surface area contributed by atoms with Gasteiger partial charge in [-0.15, -0.1) is 0 Å².